The molecule has 5 heteroatoms. The Morgan fingerprint density at radius 3 is 2.59 bits per heavy atom. The van der Waals surface area contributed by atoms with Crippen molar-refractivity contribution in [2.45, 2.75) is 64.0 Å². The van der Waals surface area contributed by atoms with Crippen molar-refractivity contribution in [3.8, 4) is 5.75 Å². The molecule has 2 saturated heterocycles. The maximum absolute atomic E-state index is 14.3. The summed E-state index contributed by atoms with van der Waals surface area (Å²) in [5, 5.41) is 0. The molecule has 1 aromatic carbocycles. The second-order valence-electron chi connectivity index (χ2n) is 8.69. The Hall–Kier alpha value is -1.62. The lowest BCUT2D eigenvalue weighted by atomic mass is 9.72. The van der Waals surface area contributed by atoms with Crippen LogP contribution in [0, 0.1) is 11.2 Å². The van der Waals surface area contributed by atoms with Gasteiger partial charge in [0.1, 0.15) is 11.6 Å². The average Bonchev–Trinajstić information content (AvgIpc) is 3.22. The third-order valence-electron chi connectivity index (χ3n) is 7.03. The van der Waals surface area contributed by atoms with Crippen LogP contribution in [0.15, 0.2) is 18.2 Å². The molecule has 0 unspecified atom stereocenters. The van der Waals surface area contributed by atoms with Crippen molar-refractivity contribution in [2.75, 3.05) is 26.7 Å². The number of hydrogen-bond donors (Lipinski definition) is 0. The first-order valence-electron chi connectivity index (χ1n) is 10.4. The van der Waals surface area contributed by atoms with Gasteiger partial charge in [0.25, 0.3) is 0 Å². The summed E-state index contributed by atoms with van der Waals surface area (Å²) in [5.74, 6) is 0.744. The number of carbonyl (C=O) groups excluding carboxylic acids is 1. The number of benzene rings is 1. The minimum absolute atomic E-state index is 0.190. The third-order valence-corrected chi connectivity index (χ3v) is 7.03. The van der Waals surface area contributed by atoms with E-state index in [-0.39, 0.29) is 11.2 Å². The van der Waals surface area contributed by atoms with Crippen molar-refractivity contribution in [1.82, 2.24) is 9.80 Å². The van der Waals surface area contributed by atoms with Gasteiger partial charge in [0.2, 0.25) is 5.91 Å². The molecule has 3 fully saturated rings. The van der Waals surface area contributed by atoms with Crippen molar-refractivity contribution in [1.29, 1.82) is 0 Å². The van der Waals surface area contributed by atoms with Crippen LogP contribution >= 0.6 is 0 Å². The number of hydrogen-bond acceptors (Lipinski definition) is 3. The first kappa shape index (κ1) is 18.7. The number of methoxy groups -OCH3 is 1. The fourth-order valence-corrected chi connectivity index (χ4v) is 5.21. The van der Waals surface area contributed by atoms with Gasteiger partial charge in [-0.3, -0.25) is 9.69 Å². The summed E-state index contributed by atoms with van der Waals surface area (Å²) in [4.78, 5) is 17.0. The maximum atomic E-state index is 14.3. The van der Waals surface area contributed by atoms with E-state index in [1.54, 1.807) is 7.11 Å². The fourth-order valence-electron chi connectivity index (χ4n) is 5.21. The van der Waals surface area contributed by atoms with Gasteiger partial charge < -0.3 is 9.64 Å². The molecular weight excluding hydrogens is 343 g/mol. The Kier molecular flexibility index (Phi) is 5.40. The molecule has 0 N–H and O–H groups in total. The van der Waals surface area contributed by atoms with Gasteiger partial charge in [-0.25, -0.2) is 4.39 Å². The maximum Gasteiger partial charge on any atom is 0.222 e. The minimum atomic E-state index is -0.190. The molecule has 4 rings (SSSR count). The molecule has 1 saturated carbocycles. The Bertz CT molecular complexity index is 679. The highest BCUT2D eigenvalue weighted by Gasteiger charge is 2.43. The molecule has 4 nitrogen and oxygen atoms in total. The van der Waals surface area contributed by atoms with E-state index in [9.17, 15) is 9.18 Å². The van der Waals surface area contributed by atoms with Gasteiger partial charge in [0.05, 0.1) is 7.11 Å². The highest BCUT2D eigenvalue weighted by molar-refractivity contribution is 5.77. The van der Waals surface area contributed by atoms with Gasteiger partial charge in [-0.2, -0.15) is 0 Å². The summed E-state index contributed by atoms with van der Waals surface area (Å²) in [7, 11) is 1.56. The number of carbonyl (C=O) groups is 1. The molecule has 2 aliphatic heterocycles. The SMILES string of the molecule is COc1ccc(CN2CCC3(CCC(=O)N(C4CCCC4)C3)CC2)c(F)c1. The lowest BCUT2D eigenvalue weighted by molar-refractivity contribution is -0.142. The first-order valence-corrected chi connectivity index (χ1v) is 10.4. The van der Waals surface area contributed by atoms with Gasteiger partial charge in [-0.05, 0) is 56.7 Å². The van der Waals surface area contributed by atoms with Crippen LogP contribution < -0.4 is 4.74 Å². The molecule has 1 spiro atoms. The number of amides is 1. The van der Waals surface area contributed by atoms with Gasteiger partial charge in [-0.1, -0.05) is 18.9 Å². The Morgan fingerprint density at radius 1 is 1.19 bits per heavy atom. The summed E-state index contributed by atoms with van der Waals surface area (Å²) in [6, 6.07) is 5.61. The summed E-state index contributed by atoms with van der Waals surface area (Å²) in [6.07, 6.45) is 8.87. The van der Waals surface area contributed by atoms with E-state index < -0.39 is 0 Å². The lowest BCUT2D eigenvalue weighted by Gasteiger charge is -2.49. The first-order chi connectivity index (χ1) is 13.1. The molecule has 148 valence electrons. The second kappa shape index (κ2) is 7.78. The monoisotopic (exact) mass is 374 g/mol. The van der Waals surface area contributed by atoms with Crippen molar-refractivity contribution in [2.24, 2.45) is 5.41 Å². The molecule has 1 aliphatic carbocycles. The molecule has 0 aromatic heterocycles. The minimum Gasteiger partial charge on any atom is -0.497 e. The van der Waals surface area contributed by atoms with Crippen LogP contribution in [0.3, 0.4) is 0 Å². The molecule has 0 atom stereocenters. The van der Waals surface area contributed by atoms with Crippen molar-refractivity contribution >= 4 is 5.91 Å². The molecule has 1 amide bonds. The molecular formula is C22H31FN2O2. The van der Waals surface area contributed by atoms with Crippen LogP contribution in [0.4, 0.5) is 4.39 Å². The molecule has 0 radical (unpaired) electrons. The standard InChI is InChI=1S/C22H31FN2O2/c1-27-19-7-6-17(20(23)14-19)15-24-12-10-22(11-13-24)9-8-21(26)25(16-22)18-4-2-3-5-18/h6-7,14,18H,2-5,8-13,15-16H2,1H3. The number of ether oxygens (including phenoxy) is 1. The highest BCUT2D eigenvalue weighted by atomic mass is 19.1. The van der Waals surface area contributed by atoms with Crippen LogP contribution in [0.2, 0.25) is 0 Å². The zero-order valence-electron chi connectivity index (χ0n) is 16.4. The summed E-state index contributed by atoms with van der Waals surface area (Å²) >= 11 is 0. The van der Waals surface area contributed by atoms with Crippen LogP contribution in [0.1, 0.15) is 56.9 Å². The number of piperidine rings is 2. The second-order valence-corrected chi connectivity index (χ2v) is 8.69. The predicted octanol–water partition coefficient (Wildman–Crippen LogP) is 3.98. The van der Waals surface area contributed by atoms with Crippen LogP contribution in [0.5, 0.6) is 5.75 Å². The number of nitrogens with zero attached hydrogens (tertiary/aromatic N) is 2. The summed E-state index contributed by atoms with van der Waals surface area (Å²) in [5.41, 5.74) is 1.02. The van der Waals surface area contributed by atoms with E-state index >= 15 is 0 Å². The van der Waals surface area contributed by atoms with E-state index in [1.807, 2.05) is 12.1 Å². The quantitative estimate of drug-likeness (QED) is 0.799. The molecule has 3 aliphatic rings. The molecule has 2 heterocycles. The topological polar surface area (TPSA) is 32.8 Å². The normalized spacial score (nSPS) is 23.9. The number of rotatable bonds is 4. The van der Waals surface area contributed by atoms with E-state index in [1.165, 1.54) is 31.7 Å². The number of likely N-dealkylation sites (tertiary alicyclic amines) is 2. The van der Waals surface area contributed by atoms with E-state index in [0.29, 0.717) is 30.7 Å². The zero-order chi connectivity index (χ0) is 18.9. The largest absolute Gasteiger partial charge is 0.497 e. The fraction of sp³-hybridized carbons (Fsp3) is 0.682. The smallest absolute Gasteiger partial charge is 0.222 e. The van der Waals surface area contributed by atoms with Gasteiger partial charge in [0.15, 0.2) is 0 Å². The highest BCUT2D eigenvalue weighted by Crippen LogP contribution is 2.42. The van der Waals surface area contributed by atoms with Crippen LogP contribution in [0.25, 0.3) is 0 Å². The van der Waals surface area contributed by atoms with Crippen molar-refractivity contribution in [3.63, 3.8) is 0 Å². The molecule has 1 aromatic rings. The van der Waals surface area contributed by atoms with Crippen molar-refractivity contribution in [3.05, 3.63) is 29.6 Å². The van der Waals surface area contributed by atoms with E-state index in [2.05, 4.69) is 9.80 Å². The Balaban J connectivity index is 1.36. The Labute approximate surface area is 161 Å². The van der Waals surface area contributed by atoms with Gasteiger partial charge in [-0.15, -0.1) is 0 Å². The Morgan fingerprint density at radius 2 is 1.93 bits per heavy atom. The van der Waals surface area contributed by atoms with Gasteiger partial charge in [0, 0.05) is 37.2 Å². The van der Waals surface area contributed by atoms with E-state index in [0.717, 1.165) is 44.5 Å². The lowest BCUT2D eigenvalue weighted by Crippen LogP contribution is -2.53. The van der Waals surface area contributed by atoms with Gasteiger partial charge >= 0.3 is 0 Å². The van der Waals surface area contributed by atoms with Crippen LogP contribution in [-0.4, -0.2) is 48.5 Å². The summed E-state index contributed by atoms with van der Waals surface area (Å²) in [6.45, 7) is 3.56. The molecule has 0 bridgehead atoms. The predicted molar refractivity (Wildman–Crippen MR) is 103 cm³/mol. The third kappa shape index (κ3) is 3.98. The zero-order valence-corrected chi connectivity index (χ0v) is 16.4. The average molecular weight is 375 g/mol. The summed E-state index contributed by atoms with van der Waals surface area (Å²) < 4.78 is 19.3. The van der Waals surface area contributed by atoms with Crippen molar-refractivity contribution < 1.29 is 13.9 Å². The number of halogens is 1. The molecule has 27 heavy (non-hydrogen) atoms. The van der Waals surface area contributed by atoms with E-state index in [4.69, 9.17) is 4.74 Å². The van der Waals surface area contributed by atoms with Crippen LogP contribution in [-0.2, 0) is 11.3 Å².